The summed E-state index contributed by atoms with van der Waals surface area (Å²) in [5.41, 5.74) is 0. The maximum absolute atomic E-state index is 11.9. The average Bonchev–Trinajstić information content (AvgIpc) is 2.36. The van der Waals surface area contributed by atoms with Crippen LogP contribution in [0, 0.1) is 0 Å². The minimum Gasteiger partial charge on any atom is -0.481 e. The Labute approximate surface area is 115 Å². The van der Waals surface area contributed by atoms with Crippen LogP contribution in [-0.4, -0.2) is 65.2 Å². The van der Waals surface area contributed by atoms with Gasteiger partial charge in [-0.2, -0.15) is 0 Å². The van der Waals surface area contributed by atoms with Gasteiger partial charge in [0, 0.05) is 13.6 Å². The van der Waals surface area contributed by atoms with Crippen molar-refractivity contribution in [1.82, 2.24) is 15.5 Å². The Bertz CT molecular complexity index is 384. The molecule has 20 heavy (non-hydrogen) atoms. The summed E-state index contributed by atoms with van der Waals surface area (Å²) >= 11 is 0. The second-order valence-electron chi connectivity index (χ2n) is 4.03. The van der Waals surface area contributed by atoms with E-state index in [9.17, 15) is 19.2 Å². The fraction of sp³-hybridized carbons (Fsp3) is 0.636. The molecule has 3 amide bonds. The number of amides is 3. The fourth-order valence-electron chi connectivity index (χ4n) is 1.39. The minimum absolute atomic E-state index is 0.227. The maximum Gasteiger partial charge on any atom is 0.326 e. The highest BCUT2D eigenvalue weighted by molar-refractivity contribution is 5.88. The molecule has 114 valence electrons. The number of carbonyl (C=O) groups is 4. The largest absolute Gasteiger partial charge is 0.481 e. The number of nitrogens with one attached hydrogen (secondary N) is 2. The Balaban J connectivity index is 4.74. The molecule has 0 saturated carbocycles. The Hall–Kier alpha value is -2.32. The fourth-order valence-corrected chi connectivity index (χ4v) is 1.39. The standard InChI is InChI=1S/C11H19N3O6/c1-3-4-14(6-8(15)12-2)11(20)13-7(10(18)19)5-9(16)17/h7H,3-6H2,1-2H3,(H,12,15)(H,13,20)(H,16,17)(H,18,19)/t7-/m1/s1. The zero-order valence-corrected chi connectivity index (χ0v) is 11.4. The number of rotatable bonds is 8. The van der Waals surface area contributed by atoms with Crippen LogP contribution >= 0.6 is 0 Å². The van der Waals surface area contributed by atoms with Crippen molar-refractivity contribution in [2.75, 3.05) is 20.1 Å². The normalized spacial score (nSPS) is 11.3. The quantitative estimate of drug-likeness (QED) is 0.456. The molecule has 4 N–H and O–H groups in total. The number of aliphatic carboxylic acids is 2. The molecule has 0 bridgehead atoms. The number of urea groups is 1. The number of likely N-dealkylation sites (N-methyl/N-ethyl adjacent to an activating group) is 1. The zero-order chi connectivity index (χ0) is 15.7. The van der Waals surface area contributed by atoms with E-state index in [0.29, 0.717) is 6.42 Å². The summed E-state index contributed by atoms with van der Waals surface area (Å²) in [4.78, 5) is 45.6. The first kappa shape index (κ1) is 17.7. The van der Waals surface area contributed by atoms with Crippen LogP contribution in [0.1, 0.15) is 19.8 Å². The van der Waals surface area contributed by atoms with Crippen LogP contribution in [0.3, 0.4) is 0 Å². The highest BCUT2D eigenvalue weighted by Gasteiger charge is 2.26. The van der Waals surface area contributed by atoms with Gasteiger partial charge in [-0.3, -0.25) is 9.59 Å². The molecular weight excluding hydrogens is 270 g/mol. The van der Waals surface area contributed by atoms with Crippen molar-refractivity contribution in [2.45, 2.75) is 25.8 Å². The maximum atomic E-state index is 11.9. The van der Waals surface area contributed by atoms with Crippen molar-refractivity contribution in [2.24, 2.45) is 0 Å². The first-order valence-electron chi connectivity index (χ1n) is 6.02. The van der Waals surface area contributed by atoms with Crippen molar-refractivity contribution in [3.05, 3.63) is 0 Å². The molecule has 1 atom stereocenters. The summed E-state index contributed by atoms with van der Waals surface area (Å²) in [7, 11) is 1.41. The summed E-state index contributed by atoms with van der Waals surface area (Å²) in [6, 6.07) is -2.33. The van der Waals surface area contributed by atoms with E-state index >= 15 is 0 Å². The van der Waals surface area contributed by atoms with Gasteiger partial charge < -0.3 is 25.7 Å². The molecule has 0 aromatic rings. The summed E-state index contributed by atoms with van der Waals surface area (Å²) in [6.45, 7) is 1.81. The van der Waals surface area contributed by atoms with Crippen molar-refractivity contribution in [3.8, 4) is 0 Å². The van der Waals surface area contributed by atoms with Crippen LogP contribution in [0.2, 0.25) is 0 Å². The number of carboxylic acid groups (broad SMARTS) is 2. The third-order valence-electron chi connectivity index (χ3n) is 2.37. The SMILES string of the molecule is CCCN(CC(=O)NC)C(=O)N[C@H](CC(=O)O)C(=O)O. The molecule has 0 unspecified atom stereocenters. The summed E-state index contributed by atoms with van der Waals surface area (Å²) in [6.07, 6.45) is -0.165. The number of carboxylic acids is 2. The molecule has 0 spiro atoms. The van der Waals surface area contributed by atoms with Gasteiger partial charge in [0.1, 0.15) is 12.6 Å². The Kier molecular flexibility index (Phi) is 7.71. The lowest BCUT2D eigenvalue weighted by molar-refractivity contribution is -0.145. The molecule has 0 aromatic carbocycles. The average molecular weight is 289 g/mol. The van der Waals surface area contributed by atoms with Gasteiger partial charge in [-0.15, -0.1) is 0 Å². The number of hydrogen-bond acceptors (Lipinski definition) is 4. The van der Waals surface area contributed by atoms with Crippen LogP contribution in [-0.2, 0) is 14.4 Å². The molecule has 0 aliphatic rings. The van der Waals surface area contributed by atoms with E-state index in [1.165, 1.54) is 7.05 Å². The van der Waals surface area contributed by atoms with E-state index < -0.39 is 36.3 Å². The predicted molar refractivity (Wildman–Crippen MR) is 68.1 cm³/mol. The van der Waals surface area contributed by atoms with E-state index in [2.05, 4.69) is 10.6 Å². The number of nitrogens with zero attached hydrogens (tertiary/aromatic N) is 1. The van der Waals surface area contributed by atoms with Gasteiger partial charge in [-0.25, -0.2) is 9.59 Å². The first-order chi connectivity index (χ1) is 9.31. The second-order valence-corrected chi connectivity index (χ2v) is 4.03. The lowest BCUT2D eigenvalue weighted by atomic mass is 10.2. The van der Waals surface area contributed by atoms with Gasteiger partial charge in [0.25, 0.3) is 0 Å². The molecule has 0 fully saturated rings. The minimum atomic E-state index is -1.54. The highest BCUT2D eigenvalue weighted by atomic mass is 16.4. The Morgan fingerprint density at radius 2 is 1.80 bits per heavy atom. The topological polar surface area (TPSA) is 136 Å². The lowest BCUT2D eigenvalue weighted by Gasteiger charge is -2.23. The Morgan fingerprint density at radius 1 is 1.20 bits per heavy atom. The van der Waals surface area contributed by atoms with E-state index in [4.69, 9.17) is 10.2 Å². The monoisotopic (exact) mass is 289 g/mol. The number of carbonyl (C=O) groups excluding carboxylic acids is 2. The summed E-state index contributed by atoms with van der Waals surface area (Å²) < 4.78 is 0. The van der Waals surface area contributed by atoms with Crippen molar-refractivity contribution in [1.29, 1.82) is 0 Å². The van der Waals surface area contributed by atoms with Crippen LogP contribution in [0.5, 0.6) is 0 Å². The van der Waals surface area contributed by atoms with Gasteiger partial charge in [-0.1, -0.05) is 6.92 Å². The van der Waals surface area contributed by atoms with Crippen molar-refractivity contribution < 1.29 is 29.4 Å². The Morgan fingerprint density at radius 3 is 2.20 bits per heavy atom. The third-order valence-corrected chi connectivity index (χ3v) is 2.37. The molecule has 0 aromatic heterocycles. The van der Waals surface area contributed by atoms with E-state index in [0.717, 1.165) is 4.90 Å². The van der Waals surface area contributed by atoms with E-state index in [1.54, 1.807) is 6.92 Å². The molecule has 0 aliphatic heterocycles. The van der Waals surface area contributed by atoms with Gasteiger partial charge in [0.2, 0.25) is 5.91 Å². The smallest absolute Gasteiger partial charge is 0.326 e. The second kappa shape index (κ2) is 8.73. The van der Waals surface area contributed by atoms with Gasteiger partial charge >= 0.3 is 18.0 Å². The van der Waals surface area contributed by atoms with Gasteiger partial charge in [0.05, 0.1) is 6.42 Å². The highest BCUT2D eigenvalue weighted by Crippen LogP contribution is 1.98. The van der Waals surface area contributed by atoms with Crippen LogP contribution in [0.25, 0.3) is 0 Å². The molecule has 9 nitrogen and oxygen atoms in total. The summed E-state index contributed by atoms with van der Waals surface area (Å²) in [5, 5.41) is 21.8. The van der Waals surface area contributed by atoms with E-state index in [1.807, 2.05) is 0 Å². The molecule has 0 aliphatic carbocycles. The van der Waals surface area contributed by atoms with Gasteiger partial charge in [0.15, 0.2) is 0 Å². The van der Waals surface area contributed by atoms with Crippen LogP contribution in [0.4, 0.5) is 4.79 Å². The number of hydrogen-bond donors (Lipinski definition) is 4. The molecule has 0 saturated heterocycles. The molecule has 0 heterocycles. The third kappa shape index (κ3) is 6.57. The van der Waals surface area contributed by atoms with Crippen molar-refractivity contribution >= 4 is 23.9 Å². The van der Waals surface area contributed by atoms with E-state index in [-0.39, 0.29) is 13.1 Å². The molecule has 9 heteroatoms. The summed E-state index contributed by atoms with van der Waals surface area (Å²) in [5.74, 6) is -3.19. The zero-order valence-electron chi connectivity index (χ0n) is 11.4. The molecule has 0 rings (SSSR count). The lowest BCUT2D eigenvalue weighted by Crippen LogP contribution is -2.51. The molecule has 0 radical (unpaired) electrons. The predicted octanol–water partition coefficient (Wildman–Crippen LogP) is -0.918. The first-order valence-corrected chi connectivity index (χ1v) is 6.02. The molecular formula is C11H19N3O6. The van der Waals surface area contributed by atoms with Crippen molar-refractivity contribution in [3.63, 3.8) is 0 Å². The van der Waals surface area contributed by atoms with Crippen LogP contribution in [0.15, 0.2) is 0 Å². The van der Waals surface area contributed by atoms with Crippen LogP contribution < -0.4 is 10.6 Å². The van der Waals surface area contributed by atoms with Gasteiger partial charge in [-0.05, 0) is 6.42 Å².